The van der Waals surface area contributed by atoms with E-state index in [2.05, 4.69) is 28.2 Å². The van der Waals surface area contributed by atoms with Crippen LogP contribution in [0.3, 0.4) is 0 Å². The highest BCUT2D eigenvalue weighted by Gasteiger charge is 2.36. The van der Waals surface area contributed by atoms with Crippen molar-refractivity contribution < 1.29 is 14.4 Å². The Hall–Kier alpha value is -1.21. The second-order valence-electron chi connectivity index (χ2n) is 5.81. The maximum atomic E-state index is 13.5. The van der Waals surface area contributed by atoms with Gasteiger partial charge in [0.25, 0.3) is 5.69 Å². The molecule has 7 heteroatoms. The van der Waals surface area contributed by atoms with Gasteiger partial charge >= 0.3 is 0 Å². The summed E-state index contributed by atoms with van der Waals surface area (Å²) in [5.74, 6) is -0.247. The van der Waals surface area contributed by atoms with Crippen molar-refractivity contribution in [2.75, 3.05) is 11.9 Å². The fourth-order valence-corrected chi connectivity index (χ4v) is 3.37. The summed E-state index contributed by atoms with van der Waals surface area (Å²) in [7, 11) is 0. The fourth-order valence-electron chi connectivity index (χ4n) is 3.03. The summed E-state index contributed by atoms with van der Waals surface area (Å²) >= 11 is 3.05. The van der Waals surface area contributed by atoms with E-state index in [0.29, 0.717) is 5.92 Å². The van der Waals surface area contributed by atoms with E-state index in [9.17, 15) is 19.6 Å². The van der Waals surface area contributed by atoms with Gasteiger partial charge in [0, 0.05) is 0 Å². The molecular weight excluding hydrogens is 343 g/mol. The van der Waals surface area contributed by atoms with E-state index in [-0.39, 0.29) is 22.5 Å². The molecule has 0 spiro atoms. The number of nitrogens with zero attached hydrogens (tertiary/aromatic N) is 1. The Morgan fingerprint density at radius 1 is 1.62 bits per heavy atom. The van der Waals surface area contributed by atoms with Crippen LogP contribution in [0.25, 0.3) is 0 Å². The highest BCUT2D eigenvalue weighted by molar-refractivity contribution is 9.10. The summed E-state index contributed by atoms with van der Waals surface area (Å²) in [5, 5.41) is 24.0. The van der Waals surface area contributed by atoms with Gasteiger partial charge in [-0.2, -0.15) is 0 Å². The molecule has 1 aliphatic carbocycles. The van der Waals surface area contributed by atoms with Gasteiger partial charge in [0.05, 0.1) is 27.6 Å². The highest BCUT2D eigenvalue weighted by atomic mass is 79.9. The van der Waals surface area contributed by atoms with E-state index in [0.717, 1.165) is 31.7 Å². The molecule has 1 aromatic carbocycles. The first-order chi connectivity index (χ1) is 9.87. The SMILES string of the molecule is CC1CCCC(CO)(Nc2cc(Br)c(F)cc2[N+](=O)[O-])C1. The molecule has 1 saturated carbocycles. The van der Waals surface area contributed by atoms with Crippen LogP contribution in [0.5, 0.6) is 0 Å². The van der Waals surface area contributed by atoms with Crippen molar-refractivity contribution in [1.82, 2.24) is 0 Å². The van der Waals surface area contributed by atoms with Crippen LogP contribution < -0.4 is 5.32 Å². The third-order valence-electron chi connectivity index (χ3n) is 4.03. The summed E-state index contributed by atoms with van der Waals surface area (Å²) in [6.45, 7) is 1.99. The standard InChI is InChI=1S/C14H18BrFN2O3/c1-9-3-2-4-14(7-9,8-19)17-12-5-10(15)11(16)6-13(12)18(20)21/h5-6,9,17,19H,2-4,7-8H2,1H3. The van der Waals surface area contributed by atoms with Crippen molar-refractivity contribution in [1.29, 1.82) is 0 Å². The van der Waals surface area contributed by atoms with Gasteiger partial charge < -0.3 is 10.4 Å². The Morgan fingerprint density at radius 3 is 2.90 bits per heavy atom. The van der Waals surface area contributed by atoms with Gasteiger partial charge in [0.2, 0.25) is 0 Å². The van der Waals surface area contributed by atoms with Crippen LogP contribution in [-0.4, -0.2) is 22.2 Å². The van der Waals surface area contributed by atoms with Gasteiger partial charge in [-0.1, -0.05) is 19.8 Å². The summed E-state index contributed by atoms with van der Waals surface area (Å²) in [6, 6.07) is 2.26. The largest absolute Gasteiger partial charge is 0.394 e. The van der Waals surface area contributed by atoms with Crippen LogP contribution in [0.4, 0.5) is 15.8 Å². The number of benzene rings is 1. The first-order valence-electron chi connectivity index (χ1n) is 6.89. The number of aliphatic hydroxyl groups excluding tert-OH is 1. The van der Waals surface area contributed by atoms with Gasteiger partial charge in [-0.05, 0) is 40.8 Å². The number of anilines is 1. The van der Waals surface area contributed by atoms with Crippen molar-refractivity contribution in [2.24, 2.45) is 5.92 Å². The first-order valence-corrected chi connectivity index (χ1v) is 7.69. The van der Waals surface area contributed by atoms with E-state index in [4.69, 9.17) is 0 Å². The molecule has 0 bridgehead atoms. The number of hydrogen-bond acceptors (Lipinski definition) is 4. The van der Waals surface area contributed by atoms with E-state index in [1.54, 1.807) is 0 Å². The zero-order valence-electron chi connectivity index (χ0n) is 11.7. The van der Waals surface area contributed by atoms with E-state index in [1.165, 1.54) is 6.07 Å². The summed E-state index contributed by atoms with van der Waals surface area (Å²) in [6.07, 6.45) is 3.50. The second-order valence-corrected chi connectivity index (χ2v) is 6.66. The average molecular weight is 361 g/mol. The smallest absolute Gasteiger partial charge is 0.295 e. The van der Waals surface area contributed by atoms with Crippen molar-refractivity contribution in [3.63, 3.8) is 0 Å². The molecule has 2 N–H and O–H groups in total. The molecule has 21 heavy (non-hydrogen) atoms. The molecule has 0 aliphatic heterocycles. The average Bonchev–Trinajstić information content (AvgIpc) is 2.42. The minimum Gasteiger partial charge on any atom is -0.394 e. The minimum atomic E-state index is -0.678. The number of aliphatic hydroxyl groups is 1. The lowest BCUT2D eigenvalue weighted by Crippen LogP contribution is -2.46. The normalized spacial score (nSPS) is 25.6. The molecule has 2 unspecified atom stereocenters. The highest BCUT2D eigenvalue weighted by Crippen LogP contribution is 2.38. The quantitative estimate of drug-likeness (QED) is 0.631. The van der Waals surface area contributed by atoms with E-state index >= 15 is 0 Å². The van der Waals surface area contributed by atoms with Crippen LogP contribution in [0, 0.1) is 21.8 Å². The van der Waals surface area contributed by atoms with Crippen LogP contribution in [0.2, 0.25) is 0 Å². The van der Waals surface area contributed by atoms with E-state index in [1.807, 2.05) is 0 Å². The third-order valence-corrected chi connectivity index (χ3v) is 4.64. The van der Waals surface area contributed by atoms with Crippen LogP contribution in [0.1, 0.15) is 32.6 Å². The number of nitro groups is 1. The van der Waals surface area contributed by atoms with Gasteiger partial charge in [-0.3, -0.25) is 10.1 Å². The van der Waals surface area contributed by atoms with Gasteiger partial charge in [0.1, 0.15) is 11.5 Å². The molecule has 1 fully saturated rings. The van der Waals surface area contributed by atoms with Crippen molar-refractivity contribution in [2.45, 2.75) is 38.1 Å². The van der Waals surface area contributed by atoms with Crippen molar-refractivity contribution in [3.8, 4) is 0 Å². The second kappa shape index (κ2) is 6.27. The molecule has 0 aromatic heterocycles. The number of rotatable bonds is 4. The molecule has 116 valence electrons. The van der Waals surface area contributed by atoms with Crippen molar-refractivity contribution >= 4 is 27.3 Å². The Bertz CT molecular complexity index is 555. The molecule has 5 nitrogen and oxygen atoms in total. The molecule has 1 aromatic rings. The molecule has 0 saturated heterocycles. The van der Waals surface area contributed by atoms with Crippen LogP contribution >= 0.6 is 15.9 Å². The summed E-state index contributed by atoms with van der Waals surface area (Å²) < 4.78 is 13.7. The molecule has 1 aliphatic rings. The lowest BCUT2D eigenvalue weighted by Gasteiger charge is -2.40. The Kier molecular flexibility index (Phi) is 4.83. The minimum absolute atomic E-state index is 0.108. The van der Waals surface area contributed by atoms with Gasteiger partial charge in [-0.15, -0.1) is 0 Å². The van der Waals surface area contributed by atoms with Crippen LogP contribution in [-0.2, 0) is 0 Å². The Balaban J connectivity index is 2.37. The first kappa shape index (κ1) is 16.2. The topological polar surface area (TPSA) is 75.4 Å². The third kappa shape index (κ3) is 3.52. The maximum absolute atomic E-state index is 13.5. The number of halogens is 2. The number of hydrogen-bond donors (Lipinski definition) is 2. The fraction of sp³-hybridized carbons (Fsp3) is 0.571. The summed E-state index contributed by atoms with van der Waals surface area (Å²) in [4.78, 5) is 10.5. The zero-order valence-corrected chi connectivity index (χ0v) is 13.3. The molecule has 0 amide bonds. The summed E-state index contributed by atoms with van der Waals surface area (Å²) in [5.41, 5.74) is -0.669. The predicted octanol–water partition coefficient (Wildman–Crippen LogP) is 3.85. The van der Waals surface area contributed by atoms with Gasteiger partial charge in [-0.25, -0.2) is 4.39 Å². The predicted molar refractivity (Wildman–Crippen MR) is 81.8 cm³/mol. The lowest BCUT2D eigenvalue weighted by molar-refractivity contribution is -0.384. The Labute approximate surface area is 130 Å². The van der Waals surface area contributed by atoms with Crippen LogP contribution in [0.15, 0.2) is 16.6 Å². The molecule has 0 radical (unpaired) electrons. The number of nitrogens with one attached hydrogen (secondary N) is 1. The molecule has 2 rings (SSSR count). The Morgan fingerprint density at radius 2 is 2.33 bits per heavy atom. The maximum Gasteiger partial charge on any atom is 0.295 e. The zero-order chi connectivity index (χ0) is 15.6. The molecular formula is C14H18BrFN2O3. The number of nitro benzene ring substituents is 1. The van der Waals surface area contributed by atoms with E-state index < -0.39 is 16.3 Å². The monoisotopic (exact) mass is 360 g/mol. The lowest BCUT2D eigenvalue weighted by atomic mass is 9.76. The van der Waals surface area contributed by atoms with Gasteiger partial charge in [0.15, 0.2) is 0 Å². The molecule has 0 heterocycles. The van der Waals surface area contributed by atoms with Crippen molar-refractivity contribution in [3.05, 3.63) is 32.5 Å². The molecule has 2 atom stereocenters.